The molecule has 16 heavy (non-hydrogen) atoms. The summed E-state index contributed by atoms with van der Waals surface area (Å²) >= 11 is 0. The first kappa shape index (κ1) is 9.51. The minimum atomic E-state index is 0.0671. The van der Waals surface area contributed by atoms with Crippen molar-refractivity contribution in [2.45, 2.75) is 32.2 Å². The van der Waals surface area contributed by atoms with Gasteiger partial charge in [-0.05, 0) is 25.0 Å². The maximum atomic E-state index is 12.3. The molecule has 0 amide bonds. The van der Waals surface area contributed by atoms with Crippen LogP contribution in [-0.4, -0.2) is 14.5 Å². The van der Waals surface area contributed by atoms with Gasteiger partial charge in [0.1, 0.15) is 5.82 Å². The van der Waals surface area contributed by atoms with Crippen LogP contribution in [-0.2, 0) is 6.42 Å². The third kappa shape index (κ3) is 1.33. The fraction of sp³-hybridized carbons (Fsp3) is 0.417. The molecule has 4 nitrogen and oxygen atoms in total. The summed E-state index contributed by atoms with van der Waals surface area (Å²) in [5.74, 6) is 0.860. The second-order valence-electron chi connectivity index (χ2n) is 4.16. The van der Waals surface area contributed by atoms with Crippen molar-refractivity contribution in [3.05, 3.63) is 34.5 Å². The zero-order valence-electron chi connectivity index (χ0n) is 9.18. The Bertz CT molecular complexity index is 599. The molecule has 2 heterocycles. The maximum absolute atomic E-state index is 12.3. The molecule has 1 aliphatic rings. The Balaban J connectivity index is 2.38. The largest absolute Gasteiger partial charge is 0.293 e. The summed E-state index contributed by atoms with van der Waals surface area (Å²) in [6, 6.07) is 3.96. The van der Waals surface area contributed by atoms with Crippen LogP contribution in [0.15, 0.2) is 23.1 Å². The monoisotopic (exact) mass is 215 g/mol. The number of aryl methyl sites for hydroxylation is 1. The lowest BCUT2D eigenvalue weighted by Gasteiger charge is -2.10. The Labute approximate surface area is 93.0 Å². The quantitative estimate of drug-likeness (QED) is 0.765. The van der Waals surface area contributed by atoms with E-state index >= 15 is 0 Å². The van der Waals surface area contributed by atoms with Crippen molar-refractivity contribution < 1.29 is 0 Å². The molecule has 0 saturated heterocycles. The van der Waals surface area contributed by atoms with Crippen molar-refractivity contribution in [1.82, 2.24) is 14.5 Å². The van der Waals surface area contributed by atoms with E-state index in [1.165, 1.54) is 0 Å². The summed E-state index contributed by atoms with van der Waals surface area (Å²) in [6.07, 6.45) is 4.65. The summed E-state index contributed by atoms with van der Waals surface area (Å²) in [6.45, 7) is 2.02. The van der Waals surface area contributed by atoms with Crippen LogP contribution in [0.25, 0.3) is 11.0 Å². The van der Waals surface area contributed by atoms with E-state index in [0.717, 1.165) is 25.1 Å². The molecule has 3 rings (SSSR count). The third-order valence-electron chi connectivity index (χ3n) is 2.98. The number of aromatic nitrogens is 3. The van der Waals surface area contributed by atoms with Gasteiger partial charge >= 0.3 is 0 Å². The lowest BCUT2D eigenvalue weighted by molar-refractivity contribution is 0.645. The van der Waals surface area contributed by atoms with Crippen LogP contribution >= 0.6 is 0 Å². The average Bonchev–Trinajstić information content (AvgIpc) is 3.13. The van der Waals surface area contributed by atoms with Crippen LogP contribution in [0.3, 0.4) is 0 Å². The molecular weight excluding hydrogens is 202 g/mol. The van der Waals surface area contributed by atoms with Gasteiger partial charge in [-0.15, -0.1) is 0 Å². The van der Waals surface area contributed by atoms with Crippen LogP contribution in [0.5, 0.6) is 0 Å². The van der Waals surface area contributed by atoms with Crippen molar-refractivity contribution in [1.29, 1.82) is 0 Å². The maximum Gasteiger partial charge on any atom is 0.263 e. The fourth-order valence-electron chi connectivity index (χ4n) is 2.03. The Morgan fingerprint density at radius 1 is 1.50 bits per heavy atom. The first-order valence-corrected chi connectivity index (χ1v) is 5.67. The second-order valence-corrected chi connectivity index (χ2v) is 4.16. The smallest absolute Gasteiger partial charge is 0.263 e. The second kappa shape index (κ2) is 3.40. The van der Waals surface area contributed by atoms with Crippen molar-refractivity contribution >= 4 is 11.0 Å². The summed E-state index contributed by atoms with van der Waals surface area (Å²) in [5.41, 5.74) is 0.638. The summed E-state index contributed by atoms with van der Waals surface area (Å²) < 4.78 is 1.85. The van der Waals surface area contributed by atoms with Crippen LogP contribution in [0, 0.1) is 0 Å². The number of nitrogens with zero attached hydrogens (tertiary/aromatic N) is 3. The molecule has 0 atom stereocenters. The molecule has 0 aromatic carbocycles. The van der Waals surface area contributed by atoms with E-state index in [1.54, 1.807) is 18.3 Å². The Morgan fingerprint density at radius 2 is 2.31 bits per heavy atom. The van der Waals surface area contributed by atoms with Crippen LogP contribution in [0.2, 0.25) is 0 Å². The van der Waals surface area contributed by atoms with Gasteiger partial charge in [-0.3, -0.25) is 9.36 Å². The van der Waals surface area contributed by atoms with Gasteiger partial charge in [-0.25, -0.2) is 9.97 Å². The van der Waals surface area contributed by atoms with E-state index in [9.17, 15) is 4.79 Å². The van der Waals surface area contributed by atoms with E-state index in [1.807, 2.05) is 11.5 Å². The minimum absolute atomic E-state index is 0.0671. The molecule has 2 aromatic heterocycles. The number of fused-ring (bicyclic) bond motifs is 1. The van der Waals surface area contributed by atoms with Crippen molar-refractivity contribution in [3.8, 4) is 0 Å². The molecule has 0 bridgehead atoms. The Morgan fingerprint density at radius 3 is 3.00 bits per heavy atom. The SMILES string of the molecule is CCc1nc2ncccc2c(=O)n1C1CC1. The van der Waals surface area contributed by atoms with E-state index in [0.29, 0.717) is 17.1 Å². The highest BCUT2D eigenvalue weighted by atomic mass is 16.1. The summed E-state index contributed by atoms with van der Waals surface area (Å²) in [4.78, 5) is 20.9. The molecule has 0 N–H and O–H groups in total. The first-order valence-electron chi connectivity index (χ1n) is 5.67. The lowest BCUT2D eigenvalue weighted by Crippen LogP contribution is -2.24. The number of rotatable bonds is 2. The molecule has 0 spiro atoms. The van der Waals surface area contributed by atoms with Crippen LogP contribution in [0.4, 0.5) is 0 Å². The standard InChI is InChI=1S/C12H13N3O/c1-2-10-14-11-9(4-3-7-13-11)12(16)15(10)8-5-6-8/h3-4,7-8H,2,5-6H2,1H3. The van der Waals surface area contributed by atoms with Gasteiger partial charge < -0.3 is 0 Å². The van der Waals surface area contributed by atoms with Crippen molar-refractivity contribution in [2.24, 2.45) is 0 Å². The predicted molar refractivity (Wildman–Crippen MR) is 61.4 cm³/mol. The van der Waals surface area contributed by atoms with Crippen LogP contribution in [0.1, 0.15) is 31.6 Å². The minimum Gasteiger partial charge on any atom is -0.293 e. The van der Waals surface area contributed by atoms with Crippen molar-refractivity contribution in [3.63, 3.8) is 0 Å². The normalized spacial score (nSPS) is 15.6. The molecule has 82 valence electrons. The van der Waals surface area contributed by atoms with Crippen LogP contribution < -0.4 is 5.56 Å². The average molecular weight is 215 g/mol. The zero-order chi connectivity index (χ0) is 11.1. The summed E-state index contributed by atoms with van der Waals surface area (Å²) in [5, 5.41) is 0.631. The van der Waals surface area contributed by atoms with Gasteiger partial charge in [0.2, 0.25) is 0 Å². The zero-order valence-corrected chi connectivity index (χ0v) is 9.18. The number of hydrogen-bond donors (Lipinski definition) is 0. The first-order chi connectivity index (χ1) is 7.81. The molecule has 1 aliphatic carbocycles. The Hall–Kier alpha value is -1.71. The number of hydrogen-bond acceptors (Lipinski definition) is 3. The lowest BCUT2D eigenvalue weighted by atomic mass is 10.3. The number of pyridine rings is 1. The van der Waals surface area contributed by atoms with Gasteiger partial charge in [0, 0.05) is 18.7 Å². The van der Waals surface area contributed by atoms with Gasteiger partial charge in [-0.1, -0.05) is 6.92 Å². The van der Waals surface area contributed by atoms with Gasteiger partial charge in [-0.2, -0.15) is 0 Å². The molecule has 0 aliphatic heterocycles. The molecule has 2 aromatic rings. The molecular formula is C12H13N3O. The van der Waals surface area contributed by atoms with E-state index < -0.39 is 0 Å². The molecule has 4 heteroatoms. The Kier molecular flexibility index (Phi) is 2.02. The highest BCUT2D eigenvalue weighted by Gasteiger charge is 2.27. The third-order valence-corrected chi connectivity index (χ3v) is 2.98. The fourth-order valence-corrected chi connectivity index (χ4v) is 2.03. The van der Waals surface area contributed by atoms with Crippen molar-refractivity contribution in [2.75, 3.05) is 0 Å². The molecule has 1 fully saturated rings. The van der Waals surface area contributed by atoms with Gasteiger partial charge in [0.25, 0.3) is 5.56 Å². The molecule has 0 unspecified atom stereocenters. The van der Waals surface area contributed by atoms with Gasteiger partial charge in [0.15, 0.2) is 5.65 Å². The van der Waals surface area contributed by atoms with E-state index in [4.69, 9.17) is 0 Å². The highest BCUT2D eigenvalue weighted by Crippen LogP contribution is 2.34. The molecule has 1 saturated carbocycles. The topological polar surface area (TPSA) is 47.8 Å². The predicted octanol–water partition coefficient (Wildman–Crippen LogP) is 1.69. The summed E-state index contributed by atoms with van der Waals surface area (Å²) in [7, 11) is 0. The highest BCUT2D eigenvalue weighted by molar-refractivity contribution is 5.73. The van der Waals surface area contributed by atoms with E-state index in [2.05, 4.69) is 9.97 Å². The van der Waals surface area contributed by atoms with E-state index in [-0.39, 0.29) is 5.56 Å². The van der Waals surface area contributed by atoms with Gasteiger partial charge in [0.05, 0.1) is 5.39 Å². The molecule has 0 radical (unpaired) electrons.